The zero-order chi connectivity index (χ0) is 9.68. The summed E-state index contributed by atoms with van der Waals surface area (Å²) in [6.07, 6.45) is 0. The van der Waals surface area contributed by atoms with E-state index in [9.17, 15) is 10.1 Å². The fourth-order valence-electron chi connectivity index (χ4n) is 0.852. The van der Waals surface area contributed by atoms with Gasteiger partial charge in [0.25, 0.3) is 0 Å². The van der Waals surface area contributed by atoms with Crippen LogP contribution in [0.2, 0.25) is 0 Å². The minimum absolute atomic E-state index is 0.00481. The van der Waals surface area contributed by atoms with Gasteiger partial charge in [0, 0.05) is 13.2 Å². The normalized spacial score (nSPS) is 9.62. The van der Waals surface area contributed by atoms with E-state index in [4.69, 9.17) is 4.74 Å². The summed E-state index contributed by atoms with van der Waals surface area (Å²) in [5.74, 6) is 0.217. The lowest BCUT2D eigenvalue weighted by Gasteiger charge is -2.03. The highest BCUT2D eigenvalue weighted by atomic mass is 16.7. The van der Waals surface area contributed by atoms with Crippen LogP contribution in [-0.4, -0.2) is 18.8 Å². The Bertz CT molecular complexity index is 300. The molecule has 0 heterocycles. The van der Waals surface area contributed by atoms with Crippen LogP contribution in [0.1, 0.15) is 0 Å². The smallest absolute Gasteiger partial charge is 0.311 e. The van der Waals surface area contributed by atoms with Crippen molar-refractivity contribution in [1.29, 1.82) is 0 Å². The van der Waals surface area contributed by atoms with E-state index in [0.717, 1.165) is 0 Å². The Morgan fingerprint density at radius 1 is 1.46 bits per heavy atom. The minimum atomic E-state index is -0.495. The number of nitrogens with zero attached hydrogens (tertiary/aromatic N) is 1. The maximum atomic E-state index is 10.5. The van der Waals surface area contributed by atoms with Crippen molar-refractivity contribution < 1.29 is 14.4 Å². The Balaban J connectivity index is 2.84. The first-order chi connectivity index (χ1) is 6.25. The molecular weight excluding hydrogens is 174 g/mol. The third-order valence-electron chi connectivity index (χ3n) is 1.39. The molecule has 70 valence electrons. The second-order valence-electron chi connectivity index (χ2n) is 2.28. The number of benzene rings is 1. The Hall–Kier alpha value is -1.62. The van der Waals surface area contributed by atoms with Crippen molar-refractivity contribution in [2.24, 2.45) is 0 Å². The van der Waals surface area contributed by atoms with Gasteiger partial charge in [-0.3, -0.25) is 10.1 Å². The standard InChI is InChI=1S/C8H9NO4/c1-12-6-13-8-5-3-2-4-7(8)9(10)11/h2-5H,6H2,1H3. The van der Waals surface area contributed by atoms with Crippen molar-refractivity contribution in [3.8, 4) is 5.75 Å². The molecule has 0 aliphatic heterocycles. The summed E-state index contributed by atoms with van der Waals surface area (Å²) in [4.78, 5) is 9.97. The highest BCUT2D eigenvalue weighted by Gasteiger charge is 2.12. The molecule has 0 amide bonds. The topological polar surface area (TPSA) is 61.6 Å². The SMILES string of the molecule is COCOc1ccccc1[N+](=O)[O-]. The predicted molar refractivity (Wildman–Crippen MR) is 45.6 cm³/mol. The maximum Gasteiger partial charge on any atom is 0.311 e. The van der Waals surface area contributed by atoms with E-state index in [1.54, 1.807) is 12.1 Å². The molecule has 1 aromatic rings. The largest absolute Gasteiger partial charge is 0.460 e. The van der Waals surface area contributed by atoms with E-state index in [1.165, 1.54) is 19.2 Å². The van der Waals surface area contributed by atoms with Gasteiger partial charge < -0.3 is 9.47 Å². The van der Waals surface area contributed by atoms with Crippen LogP contribution >= 0.6 is 0 Å². The number of para-hydroxylation sites is 2. The highest BCUT2D eigenvalue weighted by Crippen LogP contribution is 2.25. The van der Waals surface area contributed by atoms with Gasteiger partial charge in [0.05, 0.1) is 4.92 Å². The number of nitro benzene ring substituents is 1. The lowest BCUT2D eigenvalue weighted by atomic mass is 10.3. The molecule has 0 atom stereocenters. The van der Waals surface area contributed by atoms with Gasteiger partial charge in [0.2, 0.25) is 0 Å². The van der Waals surface area contributed by atoms with E-state index in [2.05, 4.69) is 4.74 Å². The van der Waals surface area contributed by atoms with Crippen molar-refractivity contribution in [2.75, 3.05) is 13.9 Å². The first-order valence-electron chi connectivity index (χ1n) is 3.61. The third-order valence-corrected chi connectivity index (χ3v) is 1.39. The zero-order valence-corrected chi connectivity index (χ0v) is 7.10. The third kappa shape index (κ3) is 2.41. The molecule has 0 saturated carbocycles. The molecule has 0 fully saturated rings. The molecule has 0 aliphatic rings. The molecule has 13 heavy (non-hydrogen) atoms. The van der Waals surface area contributed by atoms with Gasteiger partial charge in [0.1, 0.15) is 0 Å². The van der Waals surface area contributed by atoms with Crippen LogP contribution in [-0.2, 0) is 4.74 Å². The van der Waals surface area contributed by atoms with Crippen molar-refractivity contribution in [3.63, 3.8) is 0 Å². The van der Waals surface area contributed by atoms with E-state index < -0.39 is 4.92 Å². The summed E-state index contributed by atoms with van der Waals surface area (Å²) in [5.41, 5.74) is -0.0560. The second kappa shape index (κ2) is 4.42. The van der Waals surface area contributed by atoms with Gasteiger partial charge in [-0.15, -0.1) is 0 Å². The van der Waals surface area contributed by atoms with Crippen LogP contribution in [0, 0.1) is 10.1 Å². The molecule has 5 heteroatoms. The lowest BCUT2D eigenvalue weighted by molar-refractivity contribution is -0.386. The molecule has 0 N–H and O–H groups in total. The van der Waals surface area contributed by atoms with Gasteiger partial charge in [-0.1, -0.05) is 12.1 Å². The van der Waals surface area contributed by atoms with Crippen LogP contribution in [0.25, 0.3) is 0 Å². The molecular formula is C8H9NO4. The average molecular weight is 183 g/mol. The van der Waals surface area contributed by atoms with Crippen molar-refractivity contribution in [2.45, 2.75) is 0 Å². The molecule has 0 saturated heterocycles. The fraction of sp³-hybridized carbons (Fsp3) is 0.250. The van der Waals surface area contributed by atoms with Crippen molar-refractivity contribution in [1.82, 2.24) is 0 Å². The van der Waals surface area contributed by atoms with Crippen LogP contribution < -0.4 is 4.74 Å². The summed E-state index contributed by atoms with van der Waals surface area (Å²) < 4.78 is 9.62. The molecule has 1 aromatic carbocycles. The lowest BCUT2D eigenvalue weighted by Crippen LogP contribution is -2.01. The Morgan fingerprint density at radius 2 is 2.15 bits per heavy atom. The molecule has 1 rings (SSSR count). The van der Waals surface area contributed by atoms with Crippen LogP contribution in [0.4, 0.5) is 5.69 Å². The summed E-state index contributed by atoms with van der Waals surface area (Å²) in [6, 6.07) is 6.15. The molecule has 0 radical (unpaired) electrons. The first kappa shape index (κ1) is 9.47. The van der Waals surface area contributed by atoms with Crippen molar-refractivity contribution >= 4 is 5.69 Å². The molecule has 5 nitrogen and oxygen atoms in total. The van der Waals surface area contributed by atoms with E-state index in [-0.39, 0.29) is 18.2 Å². The van der Waals surface area contributed by atoms with E-state index >= 15 is 0 Å². The molecule has 0 unspecified atom stereocenters. The van der Waals surface area contributed by atoms with Gasteiger partial charge in [-0.25, -0.2) is 0 Å². The number of ether oxygens (including phenoxy) is 2. The summed E-state index contributed by atoms with van der Waals surface area (Å²) in [6.45, 7) is 0.00481. The Morgan fingerprint density at radius 3 is 2.77 bits per heavy atom. The number of rotatable bonds is 4. The zero-order valence-electron chi connectivity index (χ0n) is 7.10. The maximum absolute atomic E-state index is 10.5. The summed E-state index contributed by atoms with van der Waals surface area (Å²) in [7, 11) is 1.45. The fourth-order valence-corrected chi connectivity index (χ4v) is 0.852. The van der Waals surface area contributed by atoms with E-state index in [0.29, 0.717) is 0 Å². The Labute approximate surface area is 75.0 Å². The number of nitro groups is 1. The van der Waals surface area contributed by atoms with Crippen LogP contribution in [0.5, 0.6) is 5.75 Å². The van der Waals surface area contributed by atoms with Crippen molar-refractivity contribution in [3.05, 3.63) is 34.4 Å². The predicted octanol–water partition coefficient (Wildman–Crippen LogP) is 1.58. The van der Waals surface area contributed by atoms with Gasteiger partial charge in [-0.05, 0) is 6.07 Å². The summed E-state index contributed by atoms with van der Waals surface area (Å²) in [5, 5.41) is 10.5. The van der Waals surface area contributed by atoms with Gasteiger partial charge in [0.15, 0.2) is 12.5 Å². The van der Waals surface area contributed by atoms with Gasteiger partial charge in [-0.2, -0.15) is 0 Å². The number of hydrogen-bond acceptors (Lipinski definition) is 4. The van der Waals surface area contributed by atoms with Crippen LogP contribution in [0.15, 0.2) is 24.3 Å². The monoisotopic (exact) mass is 183 g/mol. The molecule has 0 aromatic heterocycles. The Kier molecular flexibility index (Phi) is 3.22. The number of hydrogen-bond donors (Lipinski definition) is 0. The molecule has 0 aliphatic carbocycles. The highest BCUT2D eigenvalue weighted by molar-refractivity contribution is 5.45. The quantitative estimate of drug-likeness (QED) is 0.404. The number of methoxy groups -OCH3 is 1. The molecule has 0 spiro atoms. The van der Waals surface area contributed by atoms with Gasteiger partial charge >= 0.3 is 5.69 Å². The van der Waals surface area contributed by atoms with E-state index in [1.807, 2.05) is 0 Å². The van der Waals surface area contributed by atoms with Crippen LogP contribution in [0.3, 0.4) is 0 Å². The second-order valence-corrected chi connectivity index (χ2v) is 2.28. The average Bonchev–Trinajstić information content (AvgIpc) is 2.15. The summed E-state index contributed by atoms with van der Waals surface area (Å²) >= 11 is 0. The first-order valence-corrected chi connectivity index (χ1v) is 3.61. The minimum Gasteiger partial charge on any atom is -0.460 e. The molecule has 0 bridgehead atoms.